The highest BCUT2D eigenvalue weighted by atomic mass is 16.2. The summed E-state index contributed by atoms with van der Waals surface area (Å²) in [5, 5.41) is 1.85. The Morgan fingerprint density at radius 3 is 2.70 bits per heavy atom. The lowest BCUT2D eigenvalue weighted by molar-refractivity contribution is -0.136. The van der Waals surface area contributed by atoms with Crippen molar-refractivity contribution in [1.82, 2.24) is 10.2 Å². The van der Waals surface area contributed by atoms with Crippen molar-refractivity contribution >= 4 is 29.3 Å². The van der Waals surface area contributed by atoms with Crippen molar-refractivity contribution in [3.63, 3.8) is 0 Å². The molecule has 102 valence electrons. The minimum Gasteiger partial charge on any atom is -0.398 e. The number of hydrogen-bond acceptors (Lipinski definition) is 5. The van der Waals surface area contributed by atoms with E-state index in [2.05, 4.69) is 0 Å². The van der Waals surface area contributed by atoms with E-state index in [4.69, 9.17) is 8.48 Å². The summed E-state index contributed by atoms with van der Waals surface area (Å²) in [6.45, 7) is 0. The van der Waals surface area contributed by atoms with Crippen LogP contribution in [0.3, 0.4) is 0 Å². The zero-order chi connectivity index (χ0) is 16.2. The van der Waals surface area contributed by atoms with Gasteiger partial charge in [0.2, 0.25) is 11.8 Å². The molecule has 2 aliphatic heterocycles. The van der Waals surface area contributed by atoms with Crippen LogP contribution in [-0.4, -0.2) is 34.6 Å². The molecule has 2 aliphatic rings. The van der Waals surface area contributed by atoms with Gasteiger partial charge in [-0.25, -0.2) is 0 Å². The summed E-state index contributed by atoms with van der Waals surface area (Å²) in [7, 11) is 0. The predicted octanol–water partition coefficient (Wildman–Crippen LogP) is -0.330. The lowest BCUT2D eigenvalue weighted by Gasteiger charge is -2.27. The lowest BCUT2D eigenvalue weighted by atomic mass is 10.0. The molecule has 3 N–H and O–H groups in total. The number of anilines is 1. The van der Waals surface area contributed by atoms with Crippen LogP contribution in [0.15, 0.2) is 18.2 Å². The van der Waals surface area contributed by atoms with E-state index in [9.17, 15) is 19.2 Å². The van der Waals surface area contributed by atoms with Gasteiger partial charge in [0.05, 0.1) is 11.1 Å². The molecule has 7 nitrogen and oxygen atoms in total. The number of amides is 4. The zero-order valence-electron chi connectivity index (χ0n) is 12.2. The highest BCUT2D eigenvalue weighted by Crippen LogP contribution is 2.30. The topological polar surface area (TPSA) is 110 Å². The second-order valence-corrected chi connectivity index (χ2v) is 4.47. The van der Waals surface area contributed by atoms with Crippen LogP contribution in [0.1, 0.15) is 36.3 Å². The quantitative estimate of drug-likeness (QED) is 0.538. The molecule has 3 rings (SSSR count). The normalized spacial score (nSPS) is 26.0. The van der Waals surface area contributed by atoms with Gasteiger partial charge < -0.3 is 5.73 Å². The third-order valence-corrected chi connectivity index (χ3v) is 3.29. The number of rotatable bonds is 1. The number of nitrogens with two attached hydrogens (primary N) is 1. The molecule has 1 saturated heterocycles. The fourth-order valence-corrected chi connectivity index (χ4v) is 2.34. The van der Waals surface area contributed by atoms with E-state index in [0.717, 1.165) is 0 Å². The minimum atomic E-state index is -2.35. The summed E-state index contributed by atoms with van der Waals surface area (Å²) >= 11 is 0. The second-order valence-electron chi connectivity index (χ2n) is 4.47. The van der Waals surface area contributed by atoms with Crippen LogP contribution in [0, 0.1) is 0 Å². The Labute approximate surface area is 116 Å². The first-order chi connectivity index (χ1) is 10.2. The van der Waals surface area contributed by atoms with Crippen molar-refractivity contribution in [2.45, 2.75) is 18.8 Å². The zero-order valence-corrected chi connectivity index (χ0v) is 10.2. The number of fused-ring (bicyclic) bond motifs is 1. The standard InChI is InChI=1S/C13H11N3O4/c14-7-3-1-2-6-10(7)13(20)16(12(6)19)8-4-5-9(17)15-11(8)18/h1-3,8H,4-5,14H2,(H,15,17,18)/i5D2. The van der Waals surface area contributed by atoms with Crippen molar-refractivity contribution in [2.24, 2.45) is 0 Å². The van der Waals surface area contributed by atoms with E-state index >= 15 is 0 Å². The molecule has 0 radical (unpaired) electrons. The average Bonchev–Trinajstić information content (AvgIpc) is 2.68. The highest BCUT2D eigenvalue weighted by Gasteiger charge is 2.45. The summed E-state index contributed by atoms with van der Waals surface area (Å²) in [4.78, 5) is 48.8. The summed E-state index contributed by atoms with van der Waals surface area (Å²) < 4.78 is 15.2. The maximum Gasteiger partial charge on any atom is 0.264 e. The van der Waals surface area contributed by atoms with Crippen LogP contribution >= 0.6 is 0 Å². The van der Waals surface area contributed by atoms with Crippen molar-refractivity contribution in [3.8, 4) is 0 Å². The van der Waals surface area contributed by atoms with Crippen molar-refractivity contribution in [1.29, 1.82) is 0 Å². The van der Waals surface area contributed by atoms with Gasteiger partial charge >= 0.3 is 0 Å². The largest absolute Gasteiger partial charge is 0.398 e. The third-order valence-electron chi connectivity index (χ3n) is 3.29. The van der Waals surface area contributed by atoms with Gasteiger partial charge in [0.15, 0.2) is 0 Å². The molecule has 1 unspecified atom stereocenters. The number of benzene rings is 1. The van der Waals surface area contributed by atoms with E-state index < -0.39 is 42.5 Å². The lowest BCUT2D eigenvalue weighted by Crippen LogP contribution is -2.54. The van der Waals surface area contributed by atoms with Crippen molar-refractivity contribution in [2.75, 3.05) is 5.73 Å². The monoisotopic (exact) mass is 275 g/mol. The molecule has 1 atom stereocenters. The van der Waals surface area contributed by atoms with Crippen LogP contribution < -0.4 is 11.1 Å². The Balaban J connectivity index is 2.02. The number of nitrogens with zero attached hydrogens (tertiary/aromatic N) is 1. The van der Waals surface area contributed by atoms with Gasteiger partial charge in [-0.1, -0.05) is 6.07 Å². The first-order valence-electron chi connectivity index (χ1n) is 6.86. The minimum absolute atomic E-state index is 0.00207. The van der Waals surface area contributed by atoms with Crippen LogP contribution in [0.5, 0.6) is 0 Å². The van der Waals surface area contributed by atoms with Crippen LogP contribution in [0.4, 0.5) is 5.69 Å². The Morgan fingerprint density at radius 2 is 2.00 bits per heavy atom. The summed E-state index contributed by atoms with van der Waals surface area (Å²) in [6.07, 6.45) is -2.93. The molecule has 1 aromatic rings. The molecule has 7 heteroatoms. The molecule has 0 saturated carbocycles. The van der Waals surface area contributed by atoms with Crippen molar-refractivity contribution < 1.29 is 21.9 Å². The molecule has 1 aromatic carbocycles. The van der Waals surface area contributed by atoms with E-state index in [1.54, 1.807) is 0 Å². The average molecular weight is 275 g/mol. The molecule has 1 fully saturated rings. The highest BCUT2D eigenvalue weighted by molar-refractivity contribution is 6.25. The van der Waals surface area contributed by atoms with E-state index in [0.29, 0.717) is 4.90 Å². The first-order valence-corrected chi connectivity index (χ1v) is 5.86. The second kappa shape index (κ2) is 4.16. The molecule has 0 spiro atoms. The van der Waals surface area contributed by atoms with Gasteiger partial charge in [-0.05, 0) is 18.6 Å². The third kappa shape index (κ3) is 1.59. The molecule has 0 bridgehead atoms. The fraction of sp³-hybridized carbons (Fsp3) is 0.231. The Morgan fingerprint density at radius 1 is 1.25 bits per heavy atom. The Bertz CT molecular complexity index is 747. The van der Waals surface area contributed by atoms with E-state index in [1.807, 2.05) is 5.32 Å². The fourth-order valence-electron chi connectivity index (χ4n) is 2.34. The molecule has 0 aliphatic carbocycles. The predicted molar refractivity (Wildman–Crippen MR) is 67.5 cm³/mol. The maximum atomic E-state index is 12.4. The van der Waals surface area contributed by atoms with Gasteiger partial charge in [0, 0.05) is 14.8 Å². The van der Waals surface area contributed by atoms with E-state index in [-0.39, 0.29) is 16.8 Å². The van der Waals surface area contributed by atoms with Crippen molar-refractivity contribution in [3.05, 3.63) is 29.3 Å². The van der Waals surface area contributed by atoms with Gasteiger partial charge in [0.25, 0.3) is 11.8 Å². The maximum absolute atomic E-state index is 12.4. The smallest absolute Gasteiger partial charge is 0.264 e. The number of nitrogens with one attached hydrogen (secondary N) is 1. The molecule has 4 amide bonds. The first kappa shape index (κ1) is 10.1. The SMILES string of the molecule is [2H]C1([2H])CC(N2C(=O)c3cccc(N)c3C2=O)C(=O)NC1=O. The van der Waals surface area contributed by atoms with Gasteiger partial charge in [-0.15, -0.1) is 0 Å². The van der Waals surface area contributed by atoms with Crippen LogP contribution in [-0.2, 0) is 9.59 Å². The number of piperidine rings is 1. The van der Waals surface area contributed by atoms with E-state index in [1.165, 1.54) is 18.2 Å². The molecular formula is C13H11N3O4. The molecular weight excluding hydrogens is 262 g/mol. The van der Waals surface area contributed by atoms with Crippen LogP contribution in [0.25, 0.3) is 0 Å². The number of imide groups is 2. The molecule has 20 heavy (non-hydrogen) atoms. The van der Waals surface area contributed by atoms with Gasteiger partial charge in [-0.2, -0.15) is 0 Å². The number of nitrogen functional groups attached to an aromatic ring is 1. The number of carbonyl (C=O) groups is 4. The molecule has 2 heterocycles. The van der Waals surface area contributed by atoms with Crippen LogP contribution in [0.2, 0.25) is 0 Å². The summed E-state index contributed by atoms with van der Waals surface area (Å²) in [5.41, 5.74) is 5.87. The van der Waals surface area contributed by atoms with Gasteiger partial charge in [0.1, 0.15) is 6.04 Å². The Kier molecular flexibility index (Phi) is 2.11. The number of carbonyl (C=O) groups excluding carboxylic acids is 4. The summed E-state index contributed by atoms with van der Waals surface area (Å²) in [5.74, 6) is -3.45. The summed E-state index contributed by atoms with van der Waals surface area (Å²) in [6, 6.07) is 2.98. The Hall–Kier alpha value is -2.70. The molecule has 0 aromatic heterocycles. The van der Waals surface area contributed by atoms with Gasteiger partial charge in [-0.3, -0.25) is 29.4 Å². The number of hydrogen-bond donors (Lipinski definition) is 2.